The number of amides is 1. The first-order chi connectivity index (χ1) is 10.9. The zero-order valence-electron chi connectivity index (χ0n) is 12.6. The Hall–Kier alpha value is -1.79. The fourth-order valence-corrected chi connectivity index (χ4v) is 3.48. The van der Waals surface area contributed by atoms with Gasteiger partial charge in [-0.05, 0) is 42.3 Å². The van der Waals surface area contributed by atoms with E-state index in [2.05, 4.69) is 5.32 Å². The molecule has 3 atom stereocenters. The van der Waals surface area contributed by atoms with Crippen LogP contribution in [0.25, 0.3) is 0 Å². The van der Waals surface area contributed by atoms with Gasteiger partial charge in [0.25, 0.3) is 0 Å². The van der Waals surface area contributed by atoms with E-state index in [0.29, 0.717) is 6.42 Å². The molecule has 0 radical (unpaired) electrons. The molecule has 122 valence electrons. The summed E-state index contributed by atoms with van der Waals surface area (Å²) < 4.78 is 27.0. The Morgan fingerprint density at radius 2 is 2.17 bits per heavy atom. The fourth-order valence-electron chi connectivity index (χ4n) is 2.70. The van der Waals surface area contributed by atoms with Crippen molar-refractivity contribution >= 4 is 17.2 Å². The number of benzene rings is 1. The van der Waals surface area contributed by atoms with Gasteiger partial charge in [0, 0.05) is 10.8 Å². The van der Waals surface area contributed by atoms with Gasteiger partial charge in [0.2, 0.25) is 5.91 Å². The number of hydrogen-bond acceptors (Lipinski definition) is 3. The maximum absolute atomic E-state index is 13.7. The van der Waals surface area contributed by atoms with Gasteiger partial charge in [0.05, 0.1) is 6.54 Å². The van der Waals surface area contributed by atoms with Crippen molar-refractivity contribution in [2.24, 2.45) is 5.92 Å². The molecule has 2 aromatic rings. The average Bonchev–Trinajstić information content (AvgIpc) is 3.09. The third kappa shape index (κ3) is 3.28. The molecule has 0 spiro atoms. The van der Waals surface area contributed by atoms with E-state index < -0.39 is 17.2 Å². The molecule has 1 aliphatic carbocycles. The number of hydrogen-bond donors (Lipinski definition) is 2. The number of halogens is 2. The van der Waals surface area contributed by atoms with Crippen molar-refractivity contribution in [1.29, 1.82) is 0 Å². The summed E-state index contributed by atoms with van der Waals surface area (Å²) in [5.41, 5.74) is -0.895. The molecule has 0 bridgehead atoms. The molecule has 1 aromatic carbocycles. The Kier molecular flexibility index (Phi) is 4.21. The van der Waals surface area contributed by atoms with Crippen LogP contribution in [-0.4, -0.2) is 17.6 Å². The highest BCUT2D eigenvalue weighted by Gasteiger charge is 2.45. The molecule has 0 aliphatic heterocycles. The van der Waals surface area contributed by atoms with Gasteiger partial charge in [-0.1, -0.05) is 18.2 Å². The zero-order chi connectivity index (χ0) is 16.6. The molecule has 0 saturated heterocycles. The molecule has 2 N–H and O–H groups in total. The highest BCUT2D eigenvalue weighted by atomic mass is 32.1. The number of rotatable bonds is 5. The first-order valence-electron chi connectivity index (χ1n) is 7.38. The van der Waals surface area contributed by atoms with Gasteiger partial charge in [-0.15, -0.1) is 11.3 Å². The van der Waals surface area contributed by atoms with E-state index in [1.54, 1.807) is 13.0 Å². The van der Waals surface area contributed by atoms with Crippen LogP contribution in [0.2, 0.25) is 0 Å². The summed E-state index contributed by atoms with van der Waals surface area (Å²) in [5, 5.41) is 14.9. The molecular formula is C17H17F2NO2S. The van der Waals surface area contributed by atoms with E-state index in [9.17, 15) is 18.7 Å². The minimum absolute atomic E-state index is 0.0845. The third-order valence-electron chi connectivity index (χ3n) is 4.17. The normalized spacial score (nSPS) is 22.4. The Labute approximate surface area is 137 Å². The number of carbonyl (C=O) groups excluding carboxylic acids is 1. The van der Waals surface area contributed by atoms with Crippen LogP contribution < -0.4 is 5.32 Å². The second-order valence-corrected chi connectivity index (χ2v) is 7.01. The first-order valence-corrected chi connectivity index (χ1v) is 8.26. The van der Waals surface area contributed by atoms with Crippen molar-refractivity contribution in [3.05, 3.63) is 57.8 Å². The molecule has 1 aromatic heterocycles. The second-order valence-electron chi connectivity index (χ2n) is 6.06. The van der Waals surface area contributed by atoms with E-state index in [-0.39, 0.29) is 29.9 Å². The van der Waals surface area contributed by atoms with Crippen LogP contribution in [-0.2, 0) is 10.4 Å². The molecule has 1 heterocycles. The average molecular weight is 337 g/mol. The number of aliphatic hydroxyl groups is 1. The monoisotopic (exact) mass is 337 g/mol. The van der Waals surface area contributed by atoms with Gasteiger partial charge < -0.3 is 10.4 Å². The largest absolute Gasteiger partial charge is 0.383 e. The smallest absolute Gasteiger partial charge is 0.223 e. The van der Waals surface area contributed by atoms with Crippen molar-refractivity contribution in [3.8, 4) is 0 Å². The van der Waals surface area contributed by atoms with Crippen LogP contribution in [0.3, 0.4) is 0 Å². The summed E-state index contributed by atoms with van der Waals surface area (Å²) in [5.74, 6) is -2.68. The lowest BCUT2D eigenvalue weighted by atomic mass is 10.0. The Morgan fingerprint density at radius 1 is 1.39 bits per heavy atom. The second kappa shape index (κ2) is 6.02. The standard InChI is InChI=1S/C17H17F2NO2S/c1-17(22,14-6-3-7-23-14)9-20-16(21)12-8-11(12)10-4-2-5-13(18)15(10)19/h2-7,11-12,22H,8-9H2,1H3,(H,20,21)/t11-,12-,17-/m0/s1. The summed E-state index contributed by atoms with van der Waals surface area (Å²) in [6, 6.07) is 7.66. The third-order valence-corrected chi connectivity index (χ3v) is 5.29. The fraction of sp³-hybridized carbons (Fsp3) is 0.353. The van der Waals surface area contributed by atoms with Crippen LogP contribution in [0.4, 0.5) is 8.78 Å². The lowest BCUT2D eigenvalue weighted by Crippen LogP contribution is -2.38. The highest BCUT2D eigenvalue weighted by Crippen LogP contribution is 2.48. The van der Waals surface area contributed by atoms with Crippen LogP contribution in [0, 0.1) is 17.6 Å². The Bertz CT molecular complexity index is 715. The van der Waals surface area contributed by atoms with Crippen LogP contribution >= 0.6 is 11.3 Å². The van der Waals surface area contributed by atoms with Gasteiger partial charge in [-0.2, -0.15) is 0 Å². The summed E-state index contributed by atoms with van der Waals surface area (Å²) in [6.45, 7) is 1.72. The summed E-state index contributed by atoms with van der Waals surface area (Å²) in [7, 11) is 0. The van der Waals surface area contributed by atoms with Gasteiger partial charge in [0.15, 0.2) is 11.6 Å². The molecule has 23 heavy (non-hydrogen) atoms. The van der Waals surface area contributed by atoms with E-state index in [1.807, 2.05) is 11.4 Å². The van der Waals surface area contributed by atoms with Crippen molar-refractivity contribution in [3.63, 3.8) is 0 Å². The Morgan fingerprint density at radius 3 is 2.87 bits per heavy atom. The lowest BCUT2D eigenvalue weighted by molar-refractivity contribution is -0.123. The van der Waals surface area contributed by atoms with E-state index in [0.717, 1.165) is 10.9 Å². The van der Waals surface area contributed by atoms with E-state index in [4.69, 9.17) is 0 Å². The maximum atomic E-state index is 13.7. The Balaban J connectivity index is 1.60. The number of thiophene rings is 1. The predicted octanol–water partition coefficient (Wildman–Crippen LogP) is 3.15. The predicted molar refractivity (Wildman–Crippen MR) is 84.1 cm³/mol. The van der Waals surface area contributed by atoms with Gasteiger partial charge in [-0.25, -0.2) is 8.78 Å². The highest BCUT2D eigenvalue weighted by molar-refractivity contribution is 7.10. The van der Waals surface area contributed by atoms with Crippen molar-refractivity contribution < 1.29 is 18.7 Å². The molecule has 1 amide bonds. The van der Waals surface area contributed by atoms with Crippen molar-refractivity contribution in [2.45, 2.75) is 24.9 Å². The minimum atomic E-state index is -1.14. The SMILES string of the molecule is C[C@](O)(CNC(=O)[C@H]1C[C@H]1c1cccc(F)c1F)c1cccs1. The molecule has 3 rings (SSSR count). The minimum Gasteiger partial charge on any atom is -0.383 e. The molecule has 1 saturated carbocycles. The zero-order valence-corrected chi connectivity index (χ0v) is 13.4. The number of carbonyl (C=O) groups is 1. The quantitative estimate of drug-likeness (QED) is 0.880. The van der Waals surface area contributed by atoms with Gasteiger partial charge in [0.1, 0.15) is 5.60 Å². The topological polar surface area (TPSA) is 49.3 Å². The molecule has 1 fully saturated rings. The van der Waals surface area contributed by atoms with Crippen LogP contribution in [0.15, 0.2) is 35.7 Å². The maximum Gasteiger partial charge on any atom is 0.223 e. The summed E-state index contributed by atoms with van der Waals surface area (Å²) in [6.07, 6.45) is 0.493. The van der Waals surface area contributed by atoms with E-state index >= 15 is 0 Å². The van der Waals surface area contributed by atoms with Gasteiger partial charge >= 0.3 is 0 Å². The van der Waals surface area contributed by atoms with Crippen molar-refractivity contribution in [2.75, 3.05) is 6.54 Å². The molecule has 3 nitrogen and oxygen atoms in total. The lowest BCUT2D eigenvalue weighted by Gasteiger charge is -2.22. The van der Waals surface area contributed by atoms with Crippen LogP contribution in [0.1, 0.15) is 29.7 Å². The van der Waals surface area contributed by atoms with Crippen LogP contribution in [0.5, 0.6) is 0 Å². The first kappa shape index (κ1) is 16.1. The molecule has 6 heteroatoms. The van der Waals surface area contributed by atoms with Gasteiger partial charge in [-0.3, -0.25) is 4.79 Å². The van der Waals surface area contributed by atoms with E-state index in [1.165, 1.54) is 23.5 Å². The molecule has 0 unspecified atom stereocenters. The summed E-state index contributed by atoms with van der Waals surface area (Å²) >= 11 is 1.41. The number of nitrogens with one attached hydrogen (secondary N) is 1. The molecular weight excluding hydrogens is 320 g/mol. The summed E-state index contributed by atoms with van der Waals surface area (Å²) in [4.78, 5) is 12.9. The van der Waals surface area contributed by atoms with Crippen molar-refractivity contribution in [1.82, 2.24) is 5.32 Å². The molecule has 1 aliphatic rings.